The molecule has 5 heteroatoms. The molecule has 2 saturated heterocycles. The molecule has 3 heterocycles. The molecule has 4 rings (SSSR count). The van der Waals surface area contributed by atoms with E-state index in [9.17, 15) is 9.59 Å². The van der Waals surface area contributed by atoms with Crippen LogP contribution in [-0.4, -0.2) is 41.3 Å². The topological polar surface area (TPSA) is 62.3 Å². The van der Waals surface area contributed by atoms with Crippen molar-refractivity contribution in [1.29, 1.82) is 0 Å². The van der Waals surface area contributed by atoms with Gasteiger partial charge in [-0.1, -0.05) is 36.4 Å². The van der Waals surface area contributed by atoms with Crippen LogP contribution in [0.1, 0.15) is 23.6 Å². The molecule has 1 aromatic carbocycles. The summed E-state index contributed by atoms with van der Waals surface area (Å²) in [5.41, 5.74) is 1.44. The first-order valence-corrected chi connectivity index (χ1v) is 8.70. The molecule has 2 fully saturated rings. The molecule has 2 amide bonds. The summed E-state index contributed by atoms with van der Waals surface area (Å²) >= 11 is 0. The van der Waals surface area contributed by atoms with Crippen molar-refractivity contribution in [3.05, 3.63) is 66.0 Å². The number of aromatic nitrogens is 1. The first-order chi connectivity index (χ1) is 12.2. The third kappa shape index (κ3) is 2.80. The number of likely N-dealkylation sites (tertiary alicyclic amines) is 1. The van der Waals surface area contributed by atoms with Gasteiger partial charge in [0, 0.05) is 37.4 Å². The average molecular weight is 335 g/mol. The molecule has 2 aliphatic rings. The Labute approximate surface area is 147 Å². The maximum Gasteiger partial charge on any atom is 0.228 e. The zero-order valence-corrected chi connectivity index (χ0v) is 14.0. The van der Waals surface area contributed by atoms with Crippen LogP contribution in [0.4, 0.5) is 0 Å². The second-order valence-corrected chi connectivity index (χ2v) is 6.89. The van der Waals surface area contributed by atoms with Crippen molar-refractivity contribution < 1.29 is 9.59 Å². The maximum absolute atomic E-state index is 12.7. The fourth-order valence-electron chi connectivity index (χ4n) is 4.13. The Balaban J connectivity index is 1.53. The molecule has 0 bridgehead atoms. The van der Waals surface area contributed by atoms with Crippen LogP contribution < -0.4 is 5.32 Å². The molecule has 2 atom stereocenters. The molecular formula is C20H21N3O2. The maximum atomic E-state index is 12.7. The van der Waals surface area contributed by atoms with Gasteiger partial charge >= 0.3 is 0 Å². The third-order valence-electron chi connectivity index (χ3n) is 5.50. The van der Waals surface area contributed by atoms with E-state index in [1.165, 1.54) is 5.56 Å². The minimum atomic E-state index is -0.499. The lowest BCUT2D eigenvalue weighted by Gasteiger charge is -2.28. The lowest BCUT2D eigenvalue weighted by molar-refractivity contribution is -0.131. The van der Waals surface area contributed by atoms with Crippen molar-refractivity contribution in [2.24, 2.45) is 5.41 Å². The number of carbonyl (C=O) groups excluding carboxylic acids is 2. The smallest absolute Gasteiger partial charge is 0.228 e. The van der Waals surface area contributed by atoms with Crippen molar-refractivity contribution >= 4 is 11.8 Å². The lowest BCUT2D eigenvalue weighted by Crippen LogP contribution is -2.39. The van der Waals surface area contributed by atoms with Crippen molar-refractivity contribution in [1.82, 2.24) is 15.2 Å². The molecule has 5 nitrogen and oxygen atoms in total. The minimum Gasteiger partial charge on any atom is -0.355 e. The van der Waals surface area contributed by atoms with E-state index in [2.05, 4.69) is 22.4 Å². The Morgan fingerprint density at radius 3 is 2.76 bits per heavy atom. The Morgan fingerprint density at radius 2 is 2.00 bits per heavy atom. The van der Waals surface area contributed by atoms with Gasteiger partial charge < -0.3 is 10.2 Å². The van der Waals surface area contributed by atoms with Gasteiger partial charge in [-0.25, -0.2) is 0 Å². The van der Waals surface area contributed by atoms with Crippen LogP contribution in [0.5, 0.6) is 0 Å². The van der Waals surface area contributed by atoms with Crippen LogP contribution >= 0.6 is 0 Å². The van der Waals surface area contributed by atoms with Crippen LogP contribution in [0, 0.1) is 5.41 Å². The van der Waals surface area contributed by atoms with E-state index in [0.717, 1.165) is 5.69 Å². The molecular weight excluding hydrogens is 314 g/mol. The summed E-state index contributed by atoms with van der Waals surface area (Å²) < 4.78 is 0. The molecule has 2 aliphatic heterocycles. The number of nitrogens with one attached hydrogen (secondary N) is 1. The normalized spacial score (nSPS) is 25.4. The van der Waals surface area contributed by atoms with E-state index in [0.29, 0.717) is 26.1 Å². The van der Waals surface area contributed by atoms with E-state index in [1.54, 1.807) is 6.20 Å². The Hall–Kier alpha value is -2.69. The van der Waals surface area contributed by atoms with Gasteiger partial charge in [0.1, 0.15) is 0 Å². The molecule has 1 N–H and O–H groups in total. The largest absolute Gasteiger partial charge is 0.355 e. The van der Waals surface area contributed by atoms with Crippen molar-refractivity contribution in [2.75, 3.05) is 19.6 Å². The molecule has 0 aliphatic carbocycles. The van der Waals surface area contributed by atoms with Gasteiger partial charge in [0.15, 0.2) is 0 Å². The van der Waals surface area contributed by atoms with Gasteiger partial charge in [-0.05, 0) is 24.1 Å². The highest BCUT2D eigenvalue weighted by Gasteiger charge is 2.55. The summed E-state index contributed by atoms with van der Waals surface area (Å²) in [6, 6.07) is 15.7. The number of amides is 2. The minimum absolute atomic E-state index is 0.0436. The molecule has 128 valence electrons. The first-order valence-electron chi connectivity index (χ1n) is 8.70. The van der Waals surface area contributed by atoms with E-state index in [4.69, 9.17) is 0 Å². The fraction of sp³-hybridized carbons (Fsp3) is 0.350. The van der Waals surface area contributed by atoms with E-state index < -0.39 is 5.41 Å². The molecule has 0 radical (unpaired) electrons. The summed E-state index contributed by atoms with van der Waals surface area (Å²) in [7, 11) is 0. The number of carbonyl (C=O) groups is 2. The van der Waals surface area contributed by atoms with Crippen molar-refractivity contribution in [2.45, 2.75) is 18.8 Å². The molecule has 2 aromatic rings. The highest BCUT2D eigenvalue weighted by atomic mass is 16.2. The number of hydrogen-bond donors (Lipinski definition) is 1. The Morgan fingerprint density at radius 1 is 1.20 bits per heavy atom. The average Bonchev–Trinajstić information content (AvgIpc) is 3.23. The molecule has 0 unspecified atom stereocenters. The SMILES string of the molecule is O=C(Cc1ccccn1)N1CC[C@]2(C1)C(=O)NC[C@@H]2c1ccccc1. The standard InChI is InChI=1S/C20H21N3O2/c24-18(12-16-8-4-5-10-21-16)23-11-9-20(14-23)17(13-22-19(20)25)15-6-2-1-3-7-15/h1-8,10,17H,9,11-14H2,(H,22,25)/t17-,20-/m1/s1. The number of benzene rings is 1. The van der Waals surface area contributed by atoms with E-state index in [-0.39, 0.29) is 24.2 Å². The zero-order valence-electron chi connectivity index (χ0n) is 14.0. The van der Waals surface area contributed by atoms with Crippen LogP contribution in [0.25, 0.3) is 0 Å². The fourth-order valence-corrected chi connectivity index (χ4v) is 4.13. The monoisotopic (exact) mass is 335 g/mol. The number of rotatable bonds is 3. The van der Waals surface area contributed by atoms with Crippen LogP contribution in [0.2, 0.25) is 0 Å². The second-order valence-electron chi connectivity index (χ2n) is 6.89. The van der Waals surface area contributed by atoms with Gasteiger partial charge in [0.05, 0.1) is 11.8 Å². The molecule has 0 saturated carbocycles. The summed E-state index contributed by atoms with van der Waals surface area (Å²) in [6.07, 6.45) is 2.70. The first kappa shape index (κ1) is 15.8. The van der Waals surface area contributed by atoms with Gasteiger partial charge in [0.2, 0.25) is 11.8 Å². The van der Waals surface area contributed by atoms with E-state index >= 15 is 0 Å². The van der Waals surface area contributed by atoms with Gasteiger partial charge in [-0.15, -0.1) is 0 Å². The van der Waals surface area contributed by atoms with Crippen molar-refractivity contribution in [3.63, 3.8) is 0 Å². The van der Waals surface area contributed by atoms with Gasteiger partial charge in [0.25, 0.3) is 0 Å². The summed E-state index contributed by atoms with van der Waals surface area (Å²) in [5.74, 6) is 0.241. The molecule has 25 heavy (non-hydrogen) atoms. The summed E-state index contributed by atoms with van der Waals surface area (Å²) in [6.45, 7) is 1.76. The highest BCUT2D eigenvalue weighted by Crippen LogP contribution is 2.46. The number of nitrogens with zero attached hydrogens (tertiary/aromatic N) is 2. The van der Waals surface area contributed by atoms with E-state index in [1.807, 2.05) is 41.3 Å². The van der Waals surface area contributed by atoms with Crippen LogP contribution in [0.3, 0.4) is 0 Å². The number of pyridine rings is 1. The summed E-state index contributed by atoms with van der Waals surface area (Å²) in [4.78, 5) is 31.4. The predicted octanol–water partition coefficient (Wildman–Crippen LogP) is 1.76. The Bertz CT molecular complexity index is 778. The predicted molar refractivity (Wildman–Crippen MR) is 93.8 cm³/mol. The Kier molecular flexibility index (Phi) is 3.99. The quantitative estimate of drug-likeness (QED) is 0.930. The summed E-state index contributed by atoms with van der Waals surface area (Å²) in [5, 5.41) is 3.02. The van der Waals surface area contributed by atoms with Crippen LogP contribution in [-0.2, 0) is 16.0 Å². The molecule has 1 aromatic heterocycles. The zero-order chi connectivity index (χ0) is 17.3. The second kappa shape index (κ2) is 6.31. The highest BCUT2D eigenvalue weighted by molar-refractivity contribution is 5.89. The molecule has 1 spiro atoms. The van der Waals surface area contributed by atoms with Gasteiger partial charge in [-0.2, -0.15) is 0 Å². The van der Waals surface area contributed by atoms with Crippen molar-refractivity contribution in [3.8, 4) is 0 Å². The number of hydrogen-bond acceptors (Lipinski definition) is 3. The lowest BCUT2D eigenvalue weighted by atomic mass is 9.73. The van der Waals surface area contributed by atoms with Crippen LogP contribution in [0.15, 0.2) is 54.7 Å². The third-order valence-corrected chi connectivity index (χ3v) is 5.50. The van der Waals surface area contributed by atoms with Gasteiger partial charge in [-0.3, -0.25) is 14.6 Å².